The number of hydrogen-bond acceptors (Lipinski definition) is 5. The molecule has 3 aromatic rings. The summed E-state index contributed by atoms with van der Waals surface area (Å²) < 4.78 is 5.75. The minimum atomic E-state index is -0.219. The van der Waals surface area contributed by atoms with Gasteiger partial charge >= 0.3 is 0 Å². The van der Waals surface area contributed by atoms with E-state index in [1.807, 2.05) is 36.4 Å². The minimum Gasteiger partial charge on any atom is -0.436 e. The third-order valence-corrected chi connectivity index (χ3v) is 5.03. The first kappa shape index (κ1) is 16.5. The SMILES string of the molecule is O=C(C(CC1CCCC1)=NO)c1ccc(-c2nc3ccccc3o2)cc1. The highest BCUT2D eigenvalue weighted by Gasteiger charge is 2.22. The predicted octanol–water partition coefficient (Wildman–Crippen LogP) is 5.09. The van der Waals surface area contributed by atoms with Crippen LogP contribution in [0.15, 0.2) is 58.1 Å². The summed E-state index contributed by atoms with van der Waals surface area (Å²) in [5, 5.41) is 12.5. The van der Waals surface area contributed by atoms with E-state index in [-0.39, 0.29) is 11.5 Å². The Morgan fingerprint density at radius 3 is 2.54 bits per heavy atom. The summed E-state index contributed by atoms with van der Waals surface area (Å²) in [5.41, 5.74) is 3.08. The Labute approximate surface area is 151 Å². The van der Waals surface area contributed by atoms with Crippen LogP contribution in [0.1, 0.15) is 42.5 Å². The Kier molecular flexibility index (Phi) is 4.52. The van der Waals surface area contributed by atoms with Gasteiger partial charge in [0.15, 0.2) is 5.58 Å². The summed E-state index contributed by atoms with van der Waals surface area (Å²) >= 11 is 0. The standard InChI is InChI=1S/C21H20N2O3/c24-20(18(23-25)13-14-5-1-2-6-14)15-9-11-16(12-10-15)21-22-17-7-3-4-8-19(17)26-21/h3-4,7-12,14,25H,1-2,5-6,13H2. The zero-order chi connectivity index (χ0) is 17.9. The van der Waals surface area contributed by atoms with Crippen LogP contribution in [0.3, 0.4) is 0 Å². The molecule has 26 heavy (non-hydrogen) atoms. The lowest BCUT2D eigenvalue weighted by molar-refractivity contribution is 0.105. The molecule has 2 aromatic carbocycles. The first-order valence-electron chi connectivity index (χ1n) is 8.96. The van der Waals surface area contributed by atoms with Crippen LogP contribution in [0.4, 0.5) is 0 Å². The summed E-state index contributed by atoms with van der Waals surface area (Å²) in [6.45, 7) is 0. The number of hydrogen-bond donors (Lipinski definition) is 1. The fraction of sp³-hybridized carbons (Fsp3) is 0.286. The van der Waals surface area contributed by atoms with Crippen molar-refractivity contribution >= 4 is 22.6 Å². The number of oxazole rings is 1. The number of fused-ring (bicyclic) bond motifs is 1. The average molecular weight is 348 g/mol. The van der Waals surface area contributed by atoms with Crippen molar-refractivity contribution in [1.29, 1.82) is 0 Å². The topological polar surface area (TPSA) is 75.7 Å². The molecule has 0 unspecified atom stereocenters. The van der Waals surface area contributed by atoms with Gasteiger partial charge in [-0.1, -0.05) is 55.1 Å². The van der Waals surface area contributed by atoms with Crippen molar-refractivity contribution in [2.24, 2.45) is 11.1 Å². The maximum atomic E-state index is 12.6. The molecule has 0 bridgehead atoms. The van der Waals surface area contributed by atoms with Gasteiger partial charge in [0, 0.05) is 11.1 Å². The maximum Gasteiger partial charge on any atom is 0.227 e. The molecule has 4 rings (SSSR count). The number of oxime groups is 1. The minimum absolute atomic E-state index is 0.219. The van der Waals surface area contributed by atoms with E-state index in [0.29, 0.717) is 23.8 Å². The Morgan fingerprint density at radius 2 is 1.85 bits per heavy atom. The van der Waals surface area contributed by atoms with Crippen molar-refractivity contribution in [2.75, 3.05) is 0 Å². The molecule has 1 aliphatic carbocycles. The predicted molar refractivity (Wildman–Crippen MR) is 99.6 cm³/mol. The summed E-state index contributed by atoms with van der Waals surface area (Å²) in [6, 6.07) is 14.7. The number of ketones is 1. The Hall–Kier alpha value is -2.95. The second-order valence-electron chi connectivity index (χ2n) is 6.79. The third kappa shape index (κ3) is 3.25. The zero-order valence-electron chi connectivity index (χ0n) is 14.4. The maximum absolute atomic E-state index is 12.6. The highest BCUT2D eigenvalue weighted by molar-refractivity contribution is 6.45. The molecule has 132 valence electrons. The van der Waals surface area contributed by atoms with E-state index in [4.69, 9.17) is 4.42 Å². The Balaban J connectivity index is 1.53. The third-order valence-electron chi connectivity index (χ3n) is 5.03. The average Bonchev–Trinajstić information content (AvgIpc) is 3.35. The summed E-state index contributed by atoms with van der Waals surface area (Å²) in [4.78, 5) is 17.1. The van der Waals surface area contributed by atoms with E-state index >= 15 is 0 Å². The van der Waals surface area contributed by atoms with Gasteiger partial charge in [-0.15, -0.1) is 0 Å². The Morgan fingerprint density at radius 1 is 1.12 bits per heavy atom. The molecule has 0 radical (unpaired) electrons. The van der Waals surface area contributed by atoms with Gasteiger partial charge in [-0.05, 0) is 36.6 Å². The number of carbonyl (C=O) groups is 1. The monoisotopic (exact) mass is 348 g/mol. The van der Waals surface area contributed by atoms with Crippen molar-refractivity contribution in [2.45, 2.75) is 32.1 Å². The lowest BCUT2D eigenvalue weighted by Gasteiger charge is -2.09. The molecule has 1 heterocycles. The van der Waals surface area contributed by atoms with Gasteiger partial charge in [0.25, 0.3) is 0 Å². The van der Waals surface area contributed by atoms with Crippen molar-refractivity contribution in [3.8, 4) is 11.5 Å². The molecule has 0 amide bonds. The molecular weight excluding hydrogens is 328 g/mol. The second kappa shape index (κ2) is 7.12. The van der Waals surface area contributed by atoms with Crippen molar-refractivity contribution in [1.82, 2.24) is 4.98 Å². The van der Waals surface area contributed by atoms with Gasteiger partial charge in [-0.3, -0.25) is 4.79 Å². The van der Waals surface area contributed by atoms with Crippen LogP contribution in [0, 0.1) is 5.92 Å². The molecule has 0 atom stereocenters. The van der Waals surface area contributed by atoms with E-state index in [1.54, 1.807) is 12.1 Å². The van der Waals surface area contributed by atoms with Crippen molar-refractivity contribution in [3.63, 3.8) is 0 Å². The molecule has 0 aliphatic heterocycles. The Bertz CT molecular complexity index is 918. The van der Waals surface area contributed by atoms with Crippen LogP contribution in [-0.2, 0) is 0 Å². The highest BCUT2D eigenvalue weighted by atomic mass is 16.4. The first-order chi connectivity index (χ1) is 12.7. The fourth-order valence-corrected chi connectivity index (χ4v) is 3.59. The van der Waals surface area contributed by atoms with E-state index in [0.717, 1.165) is 29.5 Å². The van der Waals surface area contributed by atoms with Gasteiger partial charge in [0.1, 0.15) is 11.2 Å². The highest BCUT2D eigenvalue weighted by Crippen LogP contribution is 2.29. The summed E-state index contributed by atoms with van der Waals surface area (Å²) in [6.07, 6.45) is 5.13. The van der Waals surface area contributed by atoms with Crippen LogP contribution in [0.25, 0.3) is 22.6 Å². The number of carbonyl (C=O) groups excluding carboxylic acids is 1. The molecular formula is C21H20N2O3. The van der Waals surface area contributed by atoms with Gasteiger partial charge in [-0.2, -0.15) is 0 Å². The zero-order valence-corrected chi connectivity index (χ0v) is 14.4. The van der Waals surface area contributed by atoms with Gasteiger partial charge < -0.3 is 9.62 Å². The molecule has 5 heteroatoms. The lowest BCUT2D eigenvalue weighted by Crippen LogP contribution is -2.17. The quantitative estimate of drug-likeness (QED) is 0.302. The van der Waals surface area contributed by atoms with Crippen molar-refractivity contribution < 1.29 is 14.4 Å². The smallest absolute Gasteiger partial charge is 0.227 e. The molecule has 0 spiro atoms. The number of aromatic nitrogens is 1. The molecule has 5 nitrogen and oxygen atoms in total. The van der Waals surface area contributed by atoms with Gasteiger partial charge in [-0.25, -0.2) is 4.98 Å². The van der Waals surface area contributed by atoms with Crippen LogP contribution >= 0.6 is 0 Å². The van der Waals surface area contributed by atoms with Gasteiger partial charge in [0.2, 0.25) is 11.7 Å². The normalized spacial score (nSPS) is 15.6. The molecule has 1 fully saturated rings. The van der Waals surface area contributed by atoms with Crippen LogP contribution in [0.2, 0.25) is 0 Å². The van der Waals surface area contributed by atoms with E-state index < -0.39 is 0 Å². The number of benzene rings is 2. The molecule has 1 saturated carbocycles. The van der Waals surface area contributed by atoms with Crippen LogP contribution < -0.4 is 0 Å². The van der Waals surface area contributed by atoms with E-state index in [9.17, 15) is 10.0 Å². The summed E-state index contributed by atoms with van der Waals surface area (Å²) in [7, 11) is 0. The largest absolute Gasteiger partial charge is 0.436 e. The van der Waals surface area contributed by atoms with E-state index in [2.05, 4.69) is 10.1 Å². The van der Waals surface area contributed by atoms with Crippen molar-refractivity contribution in [3.05, 3.63) is 54.1 Å². The van der Waals surface area contributed by atoms with Crippen LogP contribution in [-0.4, -0.2) is 21.7 Å². The molecule has 1 aliphatic rings. The van der Waals surface area contributed by atoms with Gasteiger partial charge in [0.05, 0.1) is 0 Å². The number of nitrogens with zero attached hydrogens (tertiary/aromatic N) is 2. The van der Waals surface area contributed by atoms with Crippen LogP contribution in [0.5, 0.6) is 0 Å². The lowest BCUT2D eigenvalue weighted by atomic mass is 9.95. The number of para-hydroxylation sites is 2. The van der Waals surface area contributed by atoms with E-state index in [1.165, 1.54) is 12.8 Å². The number of rotatable bonds is 5. The fourth-order valence-electron chi connectivity index (χ4n) is 3.59. The second-order valence-corrected chi connectivity index (χ2v) is 6.79. The molecule has 1 aromatic heterocycles. The molecule has 0 saturated heterocycles. The molecule has 1 N–H and O–H groups in total. The summed E-state index contributed by atoms with van der Waals surface area (Å²) in [5.74, 6) is 0.750. The first-order valence-corrected chi connectivity index (χ1v) is 8.96. The number of Topliss-reactive ketones (excluding diaryl/α,β-unsaturated/α-hetero) is 1.